The first-order valence-electron chi connectivity index (χ1n) is 10.2. The molecule has 170 valence electrons. The standard InChI is InChI=1S/C21H21N7O3S2/c1-13-19(33(22,30)31)32-20(24-13)28-9-3-8-27(21(28)29)15-6-4-14(5-7-15)16-10-23-11-18-17(16)12-26(2)25-18/h4-7,10-12H,3,8-9H2,1-2H3,(H2,22,30,31). The normalized spacial score (nSPS) is 14.9. The first-order valence-corrected chi connectivity index (χ1v) is 12.6. The summed E-state index contributed by atoms with van der Waals surface area (Å²) in [5.74, 6) is 0. The third kappa shape index (κ3) is 3.86. The van der Waals surface area contributed by atoms with Gasteiger partial charge < -0.3 is 0 Å². The Hall–Kier alpha value is -3.35. The maximum atomic E-state index is 13.2. The highest BCUT2D eigenvalue weighted by Gasteiger charge is 2.31. The summed E-state index contributed by atoms with van der Waals surface area (Å²) in [6, 6.07) is 7.46. The molecule has 0 atom stereocenters. The number of thiazole rings is 1. The number of sulfonamides is 1. The maximum absolute atomic E-state index is 13.2. The van der Waals surface area contributed by atoms with Crippen molar-refractivity contribution in [1.82, 2.24) is 19.7 Å². The average molecular weight is 484 g/mol. The molecular formula is C21H21N7O3S2. The number of fused-ring (bicyclic) bond motifs is 1. The second kappa shape index (κ2) is 7.90. The number of pyridine rings is 1. The van der Waals surface area contributed by atoms with Gasteiger partial charge in [-0.25, -0.2) is 23.3 Å². The number of aryl methyl sites for hydroxylation is 2. The van der Waals surface area contributed by atoms with E-state index in [4.69, 9.17) is 5.14 Å². The Balaban J connectivity index is 1.43. The van der Waals surface area contributed by atoms with Gasteiger partial charge >= 0.3 is 6.03 Å². The summed E-state index contributed by atoms with van der Waals surface area (Å²) < 4.78 is 25.3. The van der Waals surface area contributed by atoms with Crippen molar-refractivity contribution in [3.63, 3.8) is 0 Å². The van der Waals surface area contributed by atoms with Gasteiger partial charge in [0, 0.05) is 49.2 Å². The topological polar surface area (TPSA) is 127 Å². The van der Waals surface area contributed by atoms with Gasteiger partial charge in [0.15, 0.2) is 9.34 Å². The second-order valence-corrected chi connectivity index (χ2v) is 10.6. The number of anilines is 2. The number of primary sulfonamides is 1. The van der Waals surface area contributed by atoms with Crippen molar-refractivity contribution >= 4 is 49.1 Å². The zero-order chi connectivity index (χ0) is 23.3. The van der Waals surface area contributed by atoms with Crippen LogP contribution in [0.3, 0.4) is 0 Å². The van der Waals surface area contributed by atoms with Gasteiger partial charge in [0.2, 0.25) is 10.0 Å². The van der Waals surface area contributed by atoms with Crippen molar-refractivity contribution in [3.8, 4) is 11.1 Å². The zero-order valence-electron chi connectivity index (χ0n) is 18.0. The smallest absolute Gasteiger partial charge is 0.294 e. The lowest BCUT2D eigenvalue weighted by Crippen LogP contribution is -2.49. The lowest BCUT2D eigenvalue weighted by Gasteiger charge is -2.34. The fourth-order valence-electron chi connectivity index (χ4n) is 4.00. The summed E-state index contributed by atoms with van der Waals surface area (Å²) in [6.07, 6.45) is 6.21. The molecule has 3 aromatic heterocycles. The van der Waals surface area contributed by atoms with Crippen LogP contribution in [0.25, 0.3) is 22.0 Å². The van der Waals surface area contributed by atoms with Crippen molar-refractivity contribution < 1.29 is 13.2 Å². The molecule has 1 saturated heterocycles. The van der Waals surface area contributed by atoms with Gasteiger partial charge in [-0.3, -0.25) is 19.5 Å². The number of nitrogens with zero attached hydrogens (tertiary/aromatic N) is 6. The molecule has 1 aromatic carbocycles. The van der Waals surface area contributed by atoms with Crippen LogP contribution in [0.15, 0.2) is 47.1 Å². The van der Waals surface area contributed by atoms with Crippen molar-refractivity contribution in [2.45, 2.75) is 17.6 Å². The second-order valence-electron chi connectivity index (χ2n) is 7.82. The number of nitrogens with two attached hydrogens (primary N) is 1. The summed E-state index contributed by atoms with van der Waals surface area (Å²) in [7, 11) is -2.01. The summed E-state index contributed by atoms with van der Waals surface area (Å²) >= 11 is 0.916. The molecule has 4 heterocycles. The summed E-state index contributed by atoms with van der Waals surface area (Å²) in [4.78, 5) is 25.0. The predicted molar refractivity (Wildman–Crippen MR) is 127 cm³/mol. The van der Waals surface area contributed by atoms with E-state index in [1.807, 2.05) is 37.5 Å². The Morgan fingerprint density at radius 2 is 1.82 bits per heavy atom. The Morgan fingerprint density at radius 1 is 1.09 bits per heavy atom. The van der Waals surface area contributed by atoms with E-state index < -0.39 is 10.0 Å². The van der Waals surface area contributed by atoms with Crippen LogP contribution in [0.2, 0.25) is 0 Å². The third-order valence-electron chi connectivity index (χ3n) is 5.50. The van der Waals surface area contributed by atoms with Crippen LogP contribution in [0, 0.1) is 6.92 Å². The SMILES string of the molecule is Cc1nc(N2CCCN(c3ccc(-c4cncc5nn(C)cc45)cc3)C2=O)sc1S(N)(=O)=O. The van der Waals surface area contributed by atoms with Crippen LogP contribution in [-0.4, -0.2) is 47.3 Å². The fourth-order valence-corrected chi connectivity index (χ4v) is 5.97. The van der Waals surface area contributed by atoms with E-state index in [9.17, 15) is 13.2 Å². The Labute approximate surface area is 194 Å². The fraction of sp³-hybridized carbons (Fsp3) is 0.238. The van der Waals surface area contributed by atoms with Gasteiger partial charge in [-0.1, -0.05) is 23.5 Å². The lowest BCUT2D eigenvalue weighted by atomic mass is 10.0. The summed E-state index contributed by atoms with van der Waals surface area (Å²) in [5, 5.41) is 11.0. The van der Waals surface area contributed by atoms with Crippen molar-refractivity contribution in [2.75, 3.05) is 22.9 Å². The van der Waals surface area contributed by atoms with Crippen molar-refractivity contribution in [2.24, 2.45) is 12.2 Å². The largest absolute Gasteiger partial charge is 0.330 e. The molecule has 10 nitrogen and oxygen atoms in total. The Morgan fingerprint density at radius 3 is 2.52 bits per heavy atom. The van der Waals surface area contributed by atoms with E-state index in [0.717, 1.165) is 45.5 Å². The maximum Gasteiger partial charge on any atom is 0.330 e. The molecule has 0 radical (unpaired) electrons. The van der Waals surface area contributed by atoms with E-state index in [1.165, 1.54) is 4.90 Å². The zero-order valence-corrected chi connectivity index (χ0v) is 19.6. The molecule has 1 fully saturated rings. The monoisotopic (exact) mass is 483 g/mol. The highest BCUT2D eigenvalue weighted by molar-refractivity contribution is 7.91. The van der Waals surface area contributed by atoms with Crippen LogP contribution in [0.1, 0.15) is 12.1 Å². The van der Waals surface area contributed by atoms with E-state index >= 15 is 0 Å². The van der Waals surface area contributed by atoms with Crippen LogP contribution < -0.4 is 14.9 Å². The molecule has 5 rings (SSSR count). The van der Waals surface area contributed by atoms with Gasteiger partial charge in [0.1, 0.15) is 5.52 Å². The quantitative estimate of drug-likeness (QED) is 0.475. The highest BCUT2D eigenvalue weighted by atomic mass is 32.2. The summed E-state index contributed by atoms with van der Waals surface area (Å²) in [6.45, 7) is 2.59. The van der Waals surface area contributed by atoms with Crippen LogP contribution in [0.5, 0.6) is 0 Å². The molecule has 12 heteroatoms. The van der Waals surface area contributed by atoms with Crippen LogP contribution in [0.4, 0.5) is 15.6 Å². The Kier molecular flexibility index (Phi) is 5.15. The number of urea groups is 1. The molecule has 1 aliphatic rings. The number of benzene rings is 1. The molecule has 0 bridgehead atoms. The minimum absolute atomic E-state index is 0.0232. The van der Waals surface area contributed by atoms with Gasteiger partial charge in [-0.05, 0) is 31.0 Å². The van der Waals surface area contributed by atoms with Gasteiger partial charge in [0.05, 0.1) is 11.9 Å². The van der Waals surface area contributed by atoms with E-state index in [-0.39, 0.29) is 10.2 Å². The molecule has 33 heavy (non-hydrogen) atoms. The summed E-state index contributed by atoms with van der Waals surface area (Å²) in [5.41, 5.74) is 3.80. The molecule has 0 unspecified atom stereocenters. The van der Waals surface area contributed by atoms with E-state index in [1.54, 1.807) is 28.9 Å². The molecule has 0 spiro atoms. The lowest BCUT2D eigenvalue weighted by molar-refractivity contribution is 0.248. The number of rotatable bonds is 4. The molecular weight excluding hydrogens is 462 g/mol. The third-order valence-corrected chi connectivity index (χ3v) is 8.23. The highest BCUT2D eigenvalue weighted by Crippen LogP contribution is 2.33. The molecule has 0 saturated carbocycles. The minimum Gasteiger partial charge on any atom is -0.294 e. The first-order chi connectivity index (χ1) is 15.7. The van der Waals surface area contributed by atoms with E-state index in [2.05, 4.69) is 15.1 Å². The van der Waals surface area contributed by atoms with Crippen LogP contribution in [-0.2, 0) is 17.1 Å². The van der Waals surface area contributed by atoms with Gasteiger partial charge in [0.25, 0.3) is 0 Å². The number of carbonyl (C=O) groups excluding carboxylic acids is 1. The molecule has 1 aliphatic heterocycles. The molecule has 0 aliphatic carbocycles. The van der Waals surface area contributed by atoms with Crippen molar-refractivity contribution in [3.05, 3.63) is 48.5 Å². The molecule has 2 amide bonds. The predicted octanol–water partition coefficient (Wildman–Crippen LogP) is 2.88. The Bertz CT molecular complexity index is 1480. The van der Waals surface area contributed by atoms with Gasteiger partial charge in [-0.15, -0.1) is 0 Å². The van der Waals surface area contributed by atoms with E-state index in [0.29, 0.717) is 23.9 Å². The van der Waals surface area contributed by atoms with Crippen LogP contribution >= 0.6 is 11.3 Å². The van der Waals surface area contributed by atoms with Crippen molar-refractivity contribution in [1.29, 1.82) is 0 Å². The van der Waals surface area contributed by atoms with Gasteiger partial charge in [-0.2, -0.15) is 5.10 Å². The number of hydrogen-bond donors (Lipinski definition) is 1. The molecule has 4 aromatic rings. The minimum atomic E-state index is -3.89. The number of aromatic nitrogens is 4. The molecule has 2 N–H and O–H groups in total. The number of carbonyl (C=O) groups is 1. The average Bonchev–Trinajstić information content (AvgIpc) is 3.35. The number of hydrogen-bond acceptors (Lipinski definition) is 7. The first kappa shape index (κ1) is 21.5. The number of amides is 2.